The Labute approximate surface area is 251 Å². The van der Waals surface area contributed by atoms with Gasteiger partial charge in [-0.25, -0.2) is 0 Å². The highest BCUT2D eigenvalue weighted by Crippen LogP contribution is 2.40. The third-order valence-corrected chi connectivity index (χ3v) is 8.80. The zero-order chi connectivity index (χ0) is 29.4. The molecular formula is C39H21N3O2. The normalized spacial score (nSPS) is 11.7. The van der Waals surface area contributed by atoms with E-state index >= 15 is 0 Å². The third kappa shape index (κ3) is 3.38. The van der Waals surface area contributed by atoms with Crippen LogP contribution >= 0.6 is 0 Å². The number of furan rings is 2. The molecule has 9 rings (SSSR count). The van der Waals surface area contributed by atoms with E-state index in [1.165, 1.54) is 0 Å². The van der Waals surface area contributed by atoms with Crippen molar-refractivity contribution in [2.45, 2.75) is 6.54 Å². The van der Waals surface area contributed by atoms with Crippen LogP contribution in [0.15, 0.2) is 124 Å². The Hall–Kier alpha value is -6.30. The number of hydrogen-bond acceptors (Lipinski definition) is 4. The Morgan fingerprint density at radius 1 is 0.568 bits per heavy atom. The van der Waals surface area contributed by atoms with Crippen molar-refractivity contribution >= 4 is 65.7 Å². The first-order chi connectivity index (χ1) is 21.7. The van der Waals surface area contributed by atoms with Crippen LogP contribution in [0.1, 0.15) is 16.7 Å². The summed E-state index contributed by atoms with van der Waals surface area (Å²) in [7, 11) is 0. The molecule has 0 aliphatic rings. The van der Waals surface area contributed by atoms with Gasteiger partial charge in [0.15, 0.2) is 5.58 Å². The van der Waals surface area contributed by atoms with Gasteiger partial charge in [0, 0.05) is 37.8 Å². The molecule has 0 saturated carbocycles. The minimum absolute atomic E-state index is 0.474. The van der Waals surface area contributed by atoms with E-state index in [4.69, 9.17) is 8.83 Å². The highest BCUT2D eigenvalue weighted by Gasteiger charge is 2.20. The number of rotatable bonds is 3. The summed E-state index contributed by atoms with van der Waals surface area (Å²) in [5, 5.41) is 26.1. The molecule has 0 aliphatic heterocycles. The lowest BCUT2D eigenvalue weighted by molar-refractivity contribution is 0.668. The van der Waals surface area contributed by atoms with Gasteiger partial charge in [0.25, 0.3) is 0 Å². The lowest BCUT2D eigenvalue weighted by Gasteiger charge is -2.15. The molecule has 0 N–H and O–H groups in total. The van der Waals surface area contributed by atoms with E-state index in [1.807, 2.05) is 54.6 Å². The Kier molecular flexibility index (Phi) is 5.03. The number of fused-ring (bicyclic) bond motifs is 10. The van der Waals surface area contributed by atoms with Crippen LogP contribution in [0.2, 0.25) is 0 Å². The predicted octanol–water partition coefficient (Wildman–Crippen LogP) is 10.1. The minimum atomic E-state index is 0.474. The molecule has 0 saturated heterocycles. The summed E-state index contributed by atoms with van der Waals surface area (Å²) in [5.41, 5.74) is 9.36. The second-order valence-corrected chi connectivity index (χ2v) is 11.1. The topological polar surface area (TPSA) is 78.8 Å². The van der Waals surface area contributed by atoms with Crippen LogP contribution in [-0.4, -0.2) is 4.57 Å². The summed E-state index contributed by atoms with van der Waals surface area (Å²) in [4.78, 5) is 0. The van der Waals surface area contributed by atoms with E-state index in [1.54, 1.807) is 6.07 Å². The van der Waals surface area contributed by atoms with Gasteiger partial charge in [-0.05, 0) is 71.3 Å². The molecule has 5 heteroatoms. The maximum atomic E-state index is 10.3. The number of nitriles is 2. The zero-order valence-electron chi connectivity index (χ0n) is 23.3. The number of aromatic nitrogens is 1. The van der Waals surface area contributed by atoms with Crippen molar-refractivity contribution in [2.24, 2.45) is 0 Å². The number of benzene rings is 6. The third-order valence-electron chi connectivity index (χ3n) is 8.80. The Morgan fingerprint density at radius 3 is 2.18 bits per heavy atom. The van der Waals surface area contributed by atoms with Gasteiger partial charge in [0.05, 0.1) is 35.3 Å². The quantitative estimate of drug-likeness (QED) is 0.214. The molecular weight excluding hydrogens is 542 g/mol. The van der Waals surface area contributed by atoms with E-state index < -0.39 is 0 Å². The van der Waals surface area contributed by atoms with Gasteiger partial charge in [-0.3, -0.25) is 0 Å². The van der Waals surface area contributed by atoms with E-state index in [0.29, 0.717) is 17.7 Å². The number of nitrogens with zero attached hydrogens (tertiary/aromatic N) is 3. The number of para-hydroxylation sites is 2. The van der Waals surface area contributed by atoms with E-state index in [0.717, 1.165) is 82.4 Å². The molecule has 6 aromatic carbocycles. The maximum Gasteiger partial charge on any atom is 0.159 e. The van der Waals surface area contributed by atoms with Crippen LogP contribution in [0.5, 0.6) is 0 Å². The smallest absolute Gasteiger partial charge is 0.159 e. The van der Waals surface area contributed by atoms with Crippen molar-refractivity contribution in [1.29, 1.82) is 10.5 Å². The van der Waals surface area contributed by atoms with E-state index in [2.05, 4.69) is 71.3 Å². The summed E-state index contributed by atoms with van der Waals surface area (Å²) >= 11 is 0. The van der Waals surface area contributed by atoms with Crippen molar-refractivity contribution in [2.75, 3.05) is 0 Å². The van der Waals surface area contributed by atoms with Gasteiger partial charge in [0.1, 0.15) is 16.7 Å². The second-order valence-electron chi connectivity index (χ2n) is 11.1. The van der Waals surface area contributed by atoms with Gasteiger partial charge in [-0.1, -0.05) is 60.7 Å². The first-order valence-electron chi connectivity index (χ1n) is 14.4. The molecule has 3 heterocycles. The lowest BCUT2D eigenvalue weighted by Crippen LogP contribution is -2.04. The first-order valence-corrected chi connectivity index (χ1v) is 14.4. The highest BCUT2D eigenvalue weighted by atomic mass is 16.3. The van der Waals surface area contributed by atoms with Crippen LogP contribution in [0.25, 0.3) is 76.8 Å². The fourth-order valence-electron chi connectivity index (χ4n) is 6.79. The van der Waals surface area contributed by atoms with Crippen LogP contribution in [0.4, 0.5) is 0 Å². The zero-order valence-corrected chi connectivity index (χ0v) is 23.3. The van der Waals surface area contributed by atoms with Gasteiger partial charge < -0.3 is 13.4 Å². The summed E-state index contributed by atoms with van der Waals surface area (Å²) in [6, 6.07) is 43.0. The lowest BCUT2D eigenvalue weighted by atomic mass is 9.94. The fourth-order valence-corrected chi connectivity index (χ4v) is 6.79. The summed E-state index contributed by atoms with van der Waals surface area (Å²) in [6.45, 7) is 0.474. The Morgan fingerprint density at radius 2 is 1.32 bits per heavy atom. The van der Waals surface area contributed by atoms with Gasteiger partial charge in [0.2, 0.25) is 0 Å². The summed E-state index contributed by atoms with van der Waals surface area (Å²) in [6.07, 6.45) is 0. The van der Waals surface area contributed by atoms with Gasteiger partial charge >= 0.3 is 0 Å². The Balaban J connectivity index is 1.31. The molecule has 0 amide bonds. The molecule has 0 spiro atoms. The fraction of sp³-hybridized carbons (Fsp3) is 0.0256. The van der Waals surface area contributed by atoms with Gasteiger partial charge in [-0.2, -0.15) is 10.5 Å². The average molecular weight is 564 g/mol. The number of hydrogen-bond donors (Lipinski definition) is 0. The van der Waals surface area contributed by atoms with Crippen LogP contribution < -0.4 is 0 Å². The van der Waals surface area contributed by atoms with E-state index in [-0.39, 0.29) is 0 Å². The highest BCUT2D eigenvalue weighted by molar-refractivity contribution is 6.20. The predicted molar refractivity (Wildman–Crippen MR) is 174 cm³/mol. The molecule has 0 aliphatic carbocycles. The molecule has 0 fully saturated rings. The van der Waals surface area contributed by atoms with Crippen LogP contribution in [0, 0.1) is 22.7 Å². The molecule has 5 nitrogen and oxygen atoms in total. The molecule has 0 bridgehead atoms. The van der Waals surface area contributed by atoms with Crippen molar-refractivity contribution in [3.63, 3.8) is 0 Å². The monoisotopic (exact) mass is 563 g/mol. The summed E-state index contributed by atoms with van der Waals surface area (Å²) in [5.74, 6) is 0. The molecule has 0 radical (unpaired) electrons. The standard InChI is InChI=1S/C39H21N3O2/c40-20-23-12-16-36-31(18-23)32-19-24(13-17-37(32)43-36)26-9-5-6-25(21-41)33(26)22-42-34-10-3-1-7-27(34)29-14-15-30-28-8-2-4-11-35(28)44-39(30)38(29)42/h1-19H,22H2. The SMILES string of the molecule is N#Cc1ccc2oc3ccc(-c4cccc(C#N)c4Cn4c5ccccc5c5ccc6c7ccccc7oc6c54)cc3c2c1. The van der Waals surface area contributed by atoms with Crippen LogP contribution in [0.3, 0.4) is 0 Å². The molecule has 0 unspecified atom stereocenters. The first kappa shape index (κ1) is 24.3. The average Bonchev–Trinajstić information content (AvgIpc) is 3.74. The molecule has 44 heavy (non-hydrogen) atoms. The maximum absolute atomic E-state index is 10.3. The van der Waals surface area contributed by atoms with Gasteiger partial charge in [-0.15, -0.1) is 0 Å². The van der Waals surface area contributed by atoms with E-state index in [9.17, 15) is 10.5 Å². The molecule has 3 aromatic heterocycles. The van der Waals surface area contributed by atoms with Crippen molar-refractivity contribution in [3.05, 3.63) is 132 Å². The largest absolute Gasteiger partial charge is 0.456 e. The Bertz CT molecular complexity index is 2730. The molecule has 204 valence electrons. The minimum Gasteiger partial charge on any atom is -0.456 e. The van der Waals surface area contributed by atoms with Crippen LogP contribution in [-0.2, 0) is 6.54 Å². The summed E-state index contributed by atoms with van der Waals surface area (Å²) < 4.78 is 14.9. The van der Waals surface area contributed by atoms with Crippen molar-refractivity contribution < 1.29 is 8.83 Å². The van der Waals surface area contributed by atoms with Crippen molar-refractivity contribution in [1.82, 2.24) is 4.57 Å². The second kappa shape index (κ2) is 9.10. The van der Waals surface area contributed by atoms with Crippen molar-refractivity contribution in [3.8, 4) is 23.3 Å². The molecule has 0 atom stereocenters. The molecule has 9 aromatic rings.